The summed E-state index contributed by atoms with van der Waals surface area (Å²) in [5, 5.41) is 10.1. The van der Waals surface area contributed by atoms with Crippen LogP contribution in [0.25, 0.3) is 21.5 Å². The largest absolute Gasteiger partial charge is 0.447 e. The SMILES string of the molecule is Cc1nc2cc(-c3nc(C(F)(F)F)c(C(=O)N4CC(O)C4)s3)c(N)cc2c(=O)n1Cc1ccc(Cl)cc1.O=C1OCC2CCCCN12. The molecule has 4 aromatic rings. The van der Waals surface area contributed by atoms with Crippen LogP contribution in [-0.2, 0) is 17.5 Å². The molecule has 0 radical (unpaired) electrons. The summed E-state index contributed by atoms with van der Waals surface area (Å²) in [6.07, 6.45) is -2.22. The number of thiazole rings is 1. The zero-order valence-electron chi connectivity index (χ0n) is 25.1. The predicted octanol–water partition coefficient (Wildman–Crippen LogP) is 4.94. The van der Waals surface area contributed by atoms with Gasteiger partial charge in [-0.25, -0.2) is 14.8 Å². The number of aromatic nitrogens is 3. The molecule has 2 aromatic heterocycles. The van der Waals surface area contributed by atoms with Gasteiger partial charge in [0.2, 0.25) is 0 Å². The minimum atomic E-state index is -4.88. The number of nitrogens with two attached hydrogens (primary N) is 1. The number of carbonyl (C=O) groups excluding carboxylic acids is 2. The molecular formula is C31H30ClF3N6O5S. The number of carbonyl (C=O) groups is 2. The Bertz CT molecular complexity index is 1910. The Labute approximate surface area is 275 Å². The zero-order valence-corrected chi connectivity index (χ0v) is 26.7. The molecule has 3 aliphatic rings. The molecule has 0 bridgehead atoms. The van der Waals surface area contributed by atoms with E-state index in [0.29, 0.717) is 34.8 Å². The molecule has 11 nitrogen and oxygen atoms in total. The number of alkyl halides is 3. The fourth-order valence-corrected chi connectivity index (χ4v) is 6.96. The van der Waals surface area contributed by atoms with Crippen molar-refractivity contribution >= 4 is 51.5 Å². The third-order valence-corrected chi connectivity index (χ3v) is 9.63. The highest BCUT2D eigenvalue weighted by atomic mass is 35.5. The van der Waals surface area contributed by atoms with E-state index in [1.807, 2.05) is 4.90 Å². The number of amides is 2. The number of benzene rings is 2. The van der Waals surface area contributed by atoms with E-state index in [-0.39, 0.29) is 58.4 Å². The van der Waals surface area contributed by atoms with Gasteiger partial charge in [-0.2, -0.15) is 13.2 Å². The molecule has 7 rings (SSSR count). The first-order valence-corrected chi connectivity index (χ1v) is 16.0. The second-order valence-corrected chi connectivity index (χ2v) is 13.0. The zero-order chi connectivity index (χ0) is 33.6. The number of halogens is 4. The molecule has 1 unspecified atom stereocenters. The van der Waals surface area contributed by atoms with Crippen LogP contribution in [-0.4, -0.2) is 79.8 Å². The van der Waals surface area contributed by atoms with Gasteiger partial charge in [0.1, 0.15) is 22.3 Å². The number of likely N-dealkylation sites (tertiary alicyclic amines) is 1. The molecule has 248 valence electrons. The van der Waals surface area contributed by atoms with E-state index in [0.717, 1.165) is 29.8 Å². The number of nitrogens with zero attached hydrogens (tertiary/aromatic N) is 5. The first-order chi connectivity index (χ1) is 22.3. The maximum absolute atomic E-state index is 13.7. The number of rotatable bonds is 4. The summed E-state index contributed by atoms with van der Waals surface area (Å²) in [4.78, 5) is 47.4. The summed E-state index contributed by atoms with van der Waals surface area (Å²) in [7, 11) is 0. The summed E-state index contributed by atoms with van der Waals surface area (Å²) in [6, 6.07) is 10.2. The van der Waals surface area contributed by atoms with Gasteiger partial charge >= 0.3 is 12.3 Å². The van der Waals surface area contributed by atoms with E-state index in [2.05, 4.69) is 9.97 Å². The summed E-state index contributed by atoms with van der Waals surface area (Å²) in [5.74, 6) is -0.467. The Morgan fingerprint density at radius 3 is 2.53 bits per heavy atom. The molecule has 2 amide bonds. The van der Waals surface area contributed by atoms with Crippen molar-refractivity contribution in [1.82, 2.24) is 24.3 Å². The Hall–Kier alpha value is -4.21. The number of cyclic esters (lactones) is 1. The van der Waals surface area contributed by atoms with Crippen molar-refractivity contribution in [3.8, 4) is 10.6 Å². The monoisotopic (exact) mass is 690 g/mol. The van der Waals surface area contributed by atoms with E-state index < -0.39 is 28.8 Å². The molecular weight excluding hydrogens is 661 g/mol. The van der Waals surface area contributed by atoms with Crippen molar-refractivity contribution in [2.45, 2.75) is 51.1 Å². The number of aliphatic hydroxyl groups is 1. The molecule has 3 fully saturated rings. The van der Waals surface area contributed by atoms with Crippen LogP contribution in [0.5, 0.6) is 0 Å². The lowest BCUT2D eigenvalue weighted by atomic mass is 10.0. The first-order valence-electron chi connectivity index (χ1n) is 14.8. The maximum atomic E-state index is 13.7. The van der Waals surface area contributed by atoms with Crippen molar-refractivity contribution in [3.63, 3.8) is 0 Å². The smallest absolute Gasteiger partial charge is 0.435 e. The second-order valence-electron chi connectivity index (χ2n) is 11.6. The summed E-state index contributed by atoms with van der Waals surface area (Å²) in [6.45, 7) is 3.32. The average Bonchev–Trinajstić information content (AvgIpc) is 3.64. The number of hydrogen-bond donors (Lipinski definition) is 2. The van der Waals surface area contributed by atoms with Gasteiger partial charge in [-0.3, -0.25) is 14.2 Å². The Kier molecular flexibility index (Phi) is 8.89. The maximum Gasteiger partial charge on any atom is 0.435 e. The van der Waals surface area contributed by atoms with Crippen molar-refractivity contribution in [2.24, 2.45) is 0 Å². The van der Waals surface area contributed by atoms with Gasteiger partial charge in [0.15, 0.2) is 5.69 Å². The minimum absolute atomic E-state index is 0.0224. The lowest BCUT2D eigenvalue weighted by Gasteiger charge is -2.35. The second kappa shape index (κ2) is 12.8. The van der Waals surface area contributed by atoms with Crippen LogP contribution >= 0.6 is 22.9 Å². The lowest BCUT2D eigenvalue weighted by molar-refractivity contribution is -0.141. The number of aryl methyl sites for hydroxylation is 1. The summed E-state index contributed by atoms with van der Waals surface area (Å²) < 4.78 is 47.6. The van der Waals surface area contributed by atoms with Crippen LogP contribution in [0.3, 0.4) is 0 Å². The predicted molar refractivity (Wildman–Crippen MR) is 169 cm³/mol. The van der Waals surface area contributed by atoms with E-state index in [4.69, 9.17) is 22.1 Å². The molecule has 5 heterocycles. The van der Waals surface area contributed by atoms with Gasteiger partial charge in [-0.15, -0.1) is 11.3 Å². The number of fused-ring (bicyclic) bond motifs is 2. The molecule has 47 heavy (non-hydrogen) atoms. The van der Waals surface area contributed by atoms with Gasteiger partial charge in [-0.1, -0.05) is 23.7 Å². The van der Waals surface area contributed by atoms with Gasteiger partial charge in [0.05, 0.1) is 29.6 Å². The molecule has 0 spiro atoms. The highest BCUT2D eigenvalue weighted by Gasteiger charge is 2.42. The van der Waals surface area contributed by atoms with E-state index in [1.54, 1.807) is 31.2 Å². The Balaban J connectivity index is 0.000000327. The van der Waals surface area contributed by atoms with E-state index in [1.165, 1.54) is 23.1 Å². The highest BCUT2D eigenvalue weighted by Crippen LogP contribution is 2.41. The molecule has 3 saturated heterocycles. The van der Waals surface area contributed by atoms with Crippen molar-refractivity contribution in [3.05, 3.63) is 73.7 Å². The Morgan fingerprint density at radius 1 is 1.15 bits per heavy atom. The van der Waals surface area contributed by atoms with Gasteiger partial charge in [-0.05, 0) is 56.0 Å². The molecule has 16 heteroatoms. The van der Waals surface area contributed by atoms with E-state index >= 15 is 0 Å². The quantitative estimate of drug-likeness (QED) is 0.287. The number of nitrogen functional groups attached to an aromatic ring is 1. The normalized spacial score (nSPS) is 18.0. The minimum Gasteiger partial charge on any atom is -0.447 e. The molecule has 0 saturated carbocycles. The summed E-state index contributed by atoms with van der Waals surface area (Å²) >= 11 is 6.49. The number of β-amino-alcohol motifs (C(OH)–C–C–N with tert-alkyl or cyclic N) is 1. The van der Waals surface area contributed by atoms with E-state index in [9.17, 15) is 32.7 Å². The third kappa shape index (κ3) is 6.64. The topological polar surface area (TPSA) is 144 Å². The average molecular weight is 691 g/mol. The fourth-order valence-electron chi connectivity index (χ4n) is 5.74. The summed E-state index contributed by atoms with van der Waals surface area (Å²) in [5.41, 5.74) is 5.71. The van der Waals surface area contributed by atoms with Crippen LogP contribution < -0.4 is 11.3 Å². The van der Waals surface area contributed by atoms with Crippen LogP contribution in [0, 0.1) is 6.92 Å². The number of piperidine rings is 1. The number of ether oxygens (including phenoxy) is 1. The molecule has 3 aliphatic heterocycles. The molecule has 2 aromatic carbocycles. The van der Waals surface area contributed by atoms with Crippen LogP contribution in [0.1, 0.15) is 46.0 Å². The first kappa shape index (κ1) is 32.7. The van der Waals surface area contributed by atoms with Crippen LogP contribution in [0.15, 0.2) is 41.2 Å². The van der Waals surface area contributed by atoms with Crippen molar-refractivity contribution in [2.75, 3.05) is 32.0 Å². The Morgan fingerprint density at radius 2 is 1.87 bits per heavy atom. The molecule has 1 atom stereocenters. The molecule has 3 N–H and O–H groups in total. The van der Waals surface area contributed by atoms with Crippen LogP contribution in [0.4, 0.5) is 23.7 Å². The molecule has 0 aliphatic carbocycles. The van der Waals surface area contributed by atoms with Crippen molar-refractivity contribution < 1.29 is 32.6 Å². The lowest BCUT2D eigenvalue weighted by Crippen LogP contribution is -2.53. The van der Waals surface area contributed by atoms with Gasteiger partial charge in [0, 0.05) is 35.9 Å². The standard InChI is InChI=1S/C24H19ClF3N5O3S.C7H11NO2/c1-11-30-18-7-15(17(29)6-16(18)22(35)33(11)8-12-2-4-13(25)5-3-12)21-31-20(24(26,27)28)19(37-21)23(36)32-9-14(34)10-32;9-7-8-4-2-1-3-6(8)5-10-7/h2-7,14,34H,8-10,29H2,1H3;6H,1-5H2. The fraction of sp³-hybridized carbons (Fsp3) is 0.387. The van der Waals surface area contributed by atoms with Gasteiger partial charge < -0.3 is 25.4 Å². The number of anilines is 1. The highest BCUT2D eigenvalue weighted by molar-refractivity contribution is 7.17. The van der Waals surface area contributed by atoms with Crippen LogP contribution in [0.2, 0.25) is 5.02 Å². The van der Waals surface area contributed by atoms with Crippen molar-refractivity contribution in [1.29, 1.82) is 0 Å². The number of aliphatic hydroxyl groups excluding tert-OH is 1. The van der Waals surface area contributed by atoms with Gasteiger partial charge in [0.25, 0.3) is 11.5 Å². The third-order valence-electron chi connectivity index (χ3n) is 8.30. The number of hydrogen-bond acceptors (Lipinski definition) is 9.